The van der Waals surface area contributed by atoms with E-state index < -0.39 is 10.0 Å². The molecule has 9 heteroatoms. The summed E-state index contributed by atoms with van der Waals surface area (Å²) in [6.07, 6.45) is 2.94. The summed E-state index contributed by atoms with van der Waals surface area (Å²) in [6.45, 7) is 6.31. The Kier molecular flexibility index (Phi) is 3.96. The Bertz CT molecular complexity index is 753. The van der Waals surface area contributed by atoms with E-state index in [0.29, 0.717) is 26.2 Å². The van der Waals surface area contributed by atoms with E-state index in [2.05, 4.69) is 21.9 Å². The zero-order valence-electron chi connectivity index (χ0n) is 12.9. The third kappa shape index (κ3) is 2.75. The Morgan fingerprint density at radius 1 is 1.18 bits per heavy atom. The Morgan fingerprint density at radius 2 is 1.86 bits per heavy atom. The van der Waals surface area contributed by atoms with Crippen LogP contribution in [0.5, 0.6) is 0 Å². The smallest absolute Gasteiger partial charge is 0.246 e. The monoisotopic (exact) mass is 341 g/mol. The minimum Gasteiger partial charge on any atom is -0.345 e. The van der Waals surface area contributed by atoms with E-state index in [4.69, 9.17) is 0 Å². The number of aryl methyl sites for hydroxylation is 3. The molecule has 0 saturated carbocycles. The molecule has 0 atom stereocenters. The highest BCUT2D eigenvalue weighted by molar-refractivity contribution is 7.89. The number of hydrogen-bond donors (Lipinski definition) is 0. The van der Waals surface area contributed by atoms with E-state index in [9.17, 15) is 8.42 Å². The summed E-state index contributed by atoms with van der Waals surface area (Å²) in [7, 11) is -1.73. The number of sulfonamides is 1. The lowest BCUT2D eigenvalue weighted by Crippen LogP contribution is -2.48. The maximum atomic E-state index is 12.5. The fraction of sp³-hybridized carbons (Fsp3) is 0.538. The van der Waals surface area contributed by atoms with Gasteiger partial charge in [-0.05, 0) is 13.8 Å². The molecule has 0 spiro atoms. The van der Waals surface area contributed by atoms with E-state index in [1.807, 2.05) is 6.92 Å². The van der Waals surface area contributed by atoms with Gasteiger partial charge in [0.05, 0.1) is 11.9 Å². The standard InChI is InChI=1S/C13H19N5O2S2/c1-10-11(2)21-13(15-10)17-4-6-18(7-5-17)22(19,20)12-8-14-16(3)9-12/h8-9H,4-7H2,1-3H3. The van der Waals surface area contributed by atoms with Crippen molar-refractivity contribution in [1.82, 2.24) is 19.1 Å². The summed E-state index contributed by atoms with van der Waals surface area (Å²) in [5.74, 6) is 0. The Labute approximate surface area is 134 Å². The number of piperazine rings is 1. The van der Waals surface area contributed by atoms with Crippen LogP contribution in [0.25, 0.3) is 0 Å². The second-order valence-corrected chi connectivity index (χ2v) is 8.50. The summed E-state index contributed by atoms with van der Waals surface area (Å²) in [5, 5.41) is 4.92. The van der Waals surface area contributed by atoms with Gasteiger partial charge in [-0.2, -0.15) is 9.40 Å². The maximum absolute atomic E-state index is 12.5. The van der Waals surface area contributed by atoms with Crippen molar-refractivity contribution in [3.05, 3.63) is 23.0 Å². The second-order valence-electron chi connectivity index (χ2n) is 5.38. The van der Waals surface area contributed by atoms with Gasteiger partial charge in [-0.15, -0.1) is 11.3 Å². The first-order chi connectivity index (χ1) is 10.4. The maximum Gasteiger partial charge on any atom is 0.246 e. The summed E-state index contributed by atoms with van der Waals surface area (Å²) in [4.78, 5) is 8.16. The van der Waals surface area contributed by atoms with E-state index in [1.165, 1.54) is 26.3 Å². The Morgan fingerprint density at radius 3 is 2.36 bits per heavy atom. The predicted octanol–water partition coefficient (Wildman–Crippen LogP) is 1.00. The van der Waals surface area contributed by atoms with Crippen LogP contribution in [0.3, 0.4) is 0 Å². The van der Waals surface area contributed by atoms with Gasteiger partial charge < -0.3 is 4.90 Å². The van der Waals surface area contributed by atoms with Crippen LogP contribution in [0.1, 0.15) is 10.6 Å². The van der Waals surface area contributed by atoms with Crippen molar-refractivity contribution < 1.29 is 8.42 Å². The lowest BCUT2D eigenvalue weighted by molar-refractivity contribution is 0.384. The summed E-state index contributed by atoms with van der Waals surface area (Å²) < 4.78 is 28.1. The number of rotatable bonds is 3. The number of thiazole rings is 1. The van der Waals surface area contributed by atoms with Crippen LogP contribution in [0.4, 0.5) is 5.13 Å². The van der Waals surface area contributed by atoms with Crippen LogP contribution in [0.15, 0.2) is 17.3 Å². The zero-order chi connectivity index (χ0) is 15.9. The van der Waals surface area contributed by atoms with Crippen molar-refractivity contribution in [3.8, 4) is 0 Å². The van der Waals surface area contributed by atoms with Gasteiger partial charge in [-0.25, -0.2) is 13.4 Å². The topological polar surface area (TPSA) is 71.3 Å². The van der Waals surface area contributed by atoms with Crippen molar-refractivity contribution in [1.29, 1.82) is 0 Å². The van der Waals surface area contributed by atoms with E-state index >= 15 is 0 Å². The number of anilines is 1. The molecule has 2 aromatic heterocycles. The minimum atomic E-state index is -3.44. The molecular formula is C13H19N5O2S2. The molecule has 0 unspecified atom stereocenters. The first-order valence-electron chi connectivity index (χ1n) is 7.05. The number of nitrogens with zero attached hydrogens (tertiary/aromatic N) is 5. The molecule has 3 heterocycles. The fourth-order valence-electron chi connectivity index (χ4n) is 2.39. The molecule has 0 bridgehead atoms. The molecule has 2 aromatic rings. The lowest BCUT2D eigenvalue weighted by atomic mass is 10.4. The van der Waals surface area contributed by atoms with Crippen LogP contribution >= 0.6 is 11.3 Å². The van der Waals surface area contributed by atoms with Crippen molar-refractivity contribution in [2.24, 2.45) is 7.05 Å². The molecule has 7 nitrogen and oxygen atoms in total. The highest BCUT2D eigenvalue weighted by Gasteiger charge is 2.30. The zero-order valence-corrected chi connectivity index (χ0v) is 14.5. The second kappa shape index (κ2) is 5.64. The van der Waals surface area contributed by atoms with Crippen LogP contribution < -0.4 is 4.90 Å². The minimum absolute atomic E-state index is 0.254. The normalized spacial score (nSPS) is 17.1. The van der Waals surface area contributed by atoms with Crippen LogP contribution in [-0.4, -0.2) is 53.7 Å². The average Bonchev–Trinajstić information content (AvgIpc) is 3.06. The summed E-state index contributed by atoms with van der Waals surface area (Å²) >= 11 is 1.66. The third-order valence-electron chi connectivity index (χ3n) is 3.85. The Balaban J connectivity index is 1.71. The average molecular weight is 341 g/mol. The Hall–Kier alpha value is -1.45. The molecule has 0 aromatic carbocycles. The molecule has 0 aliphatic carbocycles. The molecule has 0 radical (unpaired) electrons. The van der Waals surface area contributed by atoms with E-state index in [1.54, 1.807) is 18.4 Å². The van der Waals surface area contributed by atoms with Gasteiger partial charge in [-0.3, -0.25) is 4.68 Å². The van der Waals surface area contributed by atoms with Crippen LogP contribution in [-0.2, 0) is 17.1 Å². The van der Waals surface area contributed by atoms with Gasteiger partial charge in [0.1, 0.15) is 4.90 Å². The molecule has 0 amide bonds. The van der Waals surface area contributed by atoms with Gasteiger partial charge in [0.15, 0.2) is 5.13 Å². The van der Waals surface area contributed by atoms with Gasteiger partial charge in [0.2, 0.25) is 10.0 Å². The molecule has 1 fully saturated rings. The molecule has 3 rings (SSSR count). The third-order valence-corrected chi connectivity index (χ3v) is 6.83. The highest BCUT2D eigenvalue weighted by atomic mass is 32.2. The molecule has 1 aliphatic rings. The number of aromatic nitrogens is 3. The predicted molar refractivity (Wildman–Crippen MR) is 85.8 cm³/mol. The first kappa shape index (κ1) is 15.4. The van der Waals surface area contributed by atoms with Crippen molar-refractivity contribution in [2.45, 2.75) is 18.7 Å². The van der Waals surface area contributed by atoms with Gasteiger partial charge in [0.25, 0.3) is 0 Å². The fourth-order valence-corrected chi connectivity index (χ4v) is 4.76. The SMILES string of the molecule is Cc1nc(N2CCN(S(=O)(=O)c3cnn(C)c3)CC2)sc1C. The molecule has 0 N–H and O–H groups in total. The van der Waals surface area contributed by atoms with Crippen molar-refractivity contribution in [2.75, 3.05) is 31.1 Å². The van der Waals surface area contributed by atoms with Crippen molar-refractivity contribution >= 4 is 26.5 Å². The van der Waals surface area contributed by atoms with E-state index in [0.717, 1.165) is 10.8 Å². The van der Waals surface area contributed by atoms with Gasteiger partial charge in [0, 0.05) is 44.3 Å². The van der Waals surface area contributed by atoms with Crippen LogP contribution in [0.2, 0.25) is 0 Å². The van der Waals surface area contributed by atoms with Gasteiger partial charge in [-0.1, -0.05) is 0 Å². The van der Waals surface area contributed by atoms with Gasteiger partial charge >= 0.3 is 0 Å². The molecule has 120 valence electrons. The first-order valence-corrected chi connectivity index (χ1v) is 9.31. The summed E-state index contributed by atoms with van der Waals surface area (Å²) in [6, 6.07) is 0. The quantitative estimate of drug-likeness (QED) is 0.833. The molecule has 1 saturated heterocycles. The summed E-state index contributed by atoms with van der Waals surface area (Å²) in [5.41, 5.74) is 1.05. The van der Waals surface area contributed by atoms with Crippen LogP contribution in [0, 0.1) is 13.8 Å². The molecular weight excluding hydrogens is 322 g/mol. The molecule has 22 heavy (non-hydrogen) atoms. The molecule has 1 aliphatic heterocycles. The largest absolute Gasteiger partial charge is 0.345 e. The lowest BCUT2D eigenvalue weighted by Gasteiger charge is -2.33. The van der Waals surface area contributed by atoms with E-state index in [-0.39, 0.29) is 4.90 Å². The number of hydrogen-bond acceptors (Lipinski definition) is 6. The highest BCUT2D eigenvalue weighted by Crippen LogP contribution is 2.27. The van der Waals surface area contributed by atoms with Crippen molar-refractivity contribution in [3.63, 3.8) is 0 Å².